The lowest BCUT2D eigenvalue weighted by Gasteiger charge is -2.10. The van der Waals surface area contributed by atoms with Crippen molar-refractivity contribution in [2.45, 2.75) is 0 Å². The Labute approximate surface area is 151 Å². The van der Waals surface area contributed by atoms with Gasteiger partial charge in [0.1, 0.15) is 34.7 Å². The van der Waals surface area contributed by atoms with E-state index in [4.69, 9.17) is 10.00 Å². The average molecular weight is 374 g/mol. The average Bonchev–Trinajstić information content (AvgIpc) is 2.64. The summed E-state index contributed by atoms with van der Waals surface area (Å²) in [5.74, 6) is -2.71. The fraction of sp³-hybridized carbons (Fsp3) is 0.0588. The van der Waals surface area contributed by atoms with Gasteiger partial charge < -0.3 is 15.4 Å². The summed E-state index contributed by atoms with van der Waals surface area (Å²) in [5.41, 5.74) is -1.19. The Balaban J connectivity index is 2.23. The van der Waals surface area contributed by atoms with Gasteiger partial charge in [0, 0.05) is 12.3 Å². The summed E-state index contributed by atoms with van der Waals surface area (Å²) in [6, 6.07) is 8.24. The van der Waals surface area contributed by atoms with Gasteiger partial charge in [0.25, 0.3) is 11.6 Å². The number of carbonyl (C=O) groups is 1. The number of ether oxygens (including phenoxy) is 1. The molecule has 27 heavy (non-hydrogen) atoms. The van der Waals surface area contributed by atoms with Crippen LogP contribution < -0.4 is 15.4 Å². The van der Waals surface area contributed by atoms with Crippen LogP contribution in [0.5, 0.6) is 5.75 Å². The number of amides is 1. The highest BCUT2D eigenvalue weighted by atomic mass is 19.1. The zero-order valence-electron chi connectivity index (χ0n) is 13.8. The van der Waals surface area contributed by atoms with Crippen LogP contribution in [-0.2, 0) is 4.79 Å². The summed E-state index contributed by atoms with van der Waals surface area (Å²) in [4.78, 5) is 22.3. The maximum absolute atomic E-state index is 13.6. The summed E-state index contributed by atoms with van der Waals surface area (Å²) < 4.78 is 32.1. The summed E-state index contributed by atoms with van der Waals surface area (Å²) >= 11 is 0. The molecule has 0 saturated carbocycles. The van der Waals surface area contributed by atoms with Crippen molar-refractivity contribution in [3.63, 3.8) is 0 Å². The van der Waals surface area contributed by atoms with Crippen LogP contribution in [0.3, 0.4) is 0 Å². The van der Waals surface area contributed by atoms with Crippen LogP contribution in [0.4, 0.5) is 25.8 Å². The van der Waals surface area contributed by atoms with E-state index in [9.17, 15) is 23.7 Å². The number of nitrogens with zero attached hydrogens (tertiary/aromatic N) is 2. The second kappa shape index (κ2) is 8.39. The number of anilines is 2. The SMILES string of the molecule is COc1cc([N+](=O)[O-])ccc1NC(=O)/C(C#N)=C\Nc1c(F)cccc1F. The first-order valence-corrected chi connectivity index (χ1v) is 7.32. The summed E-state index contributed by atoms with van der Waals surface area (Å²) in [7, 11) is 1.25. The summed E-state index contributed by atoms with van der Waals surface area (Å²) in [5, 5.41) is 24.5. The Morgan fingerprint density at radius 2 is 1.96 bits per heavy atom. The number of non-ortho nitro benzene ring substituents is 1. The lowest BCUT2D eigenvalue weighted by atomic mass is 10.2. The Morgan fingerprint density at radius 3 is 2.52 bits per heavy atom. The number of hydrogen-bond donors (Lipinski definition) is 2. The first kappa shape index (κ1) is 19.3. The van der Waals surface area contributed by atoms with Crippen LogP contribution >= 0.6 is 0 Å². The van der Waals surface area contributed by atoms with Crippen LogP contribution in [0.1, 0.15) is 0 Å². The number of nitro groups is 1. The monoisotopic (exact) mass is 374 g/mol. The van der Waals surface area contributed by atoms with Crippen molar-refractivity contribution in [3.8, 4) is 11.8 Å². The molecule has 2 aromatic rings. The fourth-order valence-corrected chi connectivity index (χ4v) is 2.02. The van der Waals surface area contributed by atoms with Crippen molar-refractivity contribution in [2.24, 2.45) is 0 Å². The molecule has 0 bridgehead atoms. The van der Waals surface area contributed by atoms with Gasteiger partial charge in [-0.15, -0.1) is 0 Å². The molecule has 0 radical (unpaired) electrons. The highest BCUT2D eigenvalue weighted by Gasteiger charge is 2.16. The number of nitriles is 1. The molecule has 1 amide bonds. The number of nitro benzene ring substituents is 1. The van der Waals surface area contributed by atoms with Crippen molar-refractivity contribution in [2.75, 3.05) is 17.7 Å². The van der Waals surface area contributed by atoms with Gasteiger partial charge in [-0.3, -0.25) is 14.9 Å². The topological polar surface area (TPSA) is 117 Å². The van der Waals surface area contributed by atoms with Crippen molar-refractivity contribution in [3.05, 3.63) is 69.9 Å². The number of nitrogens with one attached hydrogen (secondary N) is 2. The molecule has 0 saturated heterocycles. The van der Waals surface area contributed by atoms with Crippen LogP contribution in [-0.4, -0.2) is 17.9 Å². The second-order valence-corrected chi connectivity index (χ2v) is 5.01. The standard InChI is InChI=1S/C17H12F2N4O4/c1-27-15-7-11(23(25)26)5-6-14(15)22-17(24)10(8-20)9-21-16-12(18)3-2-4-13(16)19/h2-7,9,21H,1H3,(H,22,24)/b10-9-. The van der Waals surface area contributed by atoms with Crippen molar-refractivity contribution in [1.29, 1.82) is 5.26 Å². The van der Waals surface area contributed by atoms with Crippen LogP contribution in [0.15, 0.2) is 48.2 Å². The number of methoxy groups -OCH3 is 1. The van der Waals surface area contributed by atoms with E-state index < -0.39 is 33.7 Å². The number of benzene rings is 2. The Kier molecular flexibility index (Phi) is 6.01. The van der Waals surface area contributed by atoms with Gasteiger partial charge in [-0.25, -0.2) is 8.78 Å². The Hall–Kier alpha value is -4.00. The largest absolute Gasteiger partial charge is 0.494 e. The summed E-state index contributed by atoms with van der Waals surface area (Å²) in [6.45, 7) is 0. The molecule has 2 aromatic carbocycles. The molecule has 0 aromatic heterocycles. The minimum atomic E-state index is -0.908. The van der Waals surface area contributed by atoms with E-state index in [0.29, 0.717) is 0 Å². The normalized spacial score (nSPS) is 10.7. The minimum absolute atomic E-state index is 0.00273. The molecule has 10 heteroatoms. The molecular formula is C17H12F2N4O4. The van der Waals surface area contributed by atoms with E-state index in [2.05, 4.69) is 10.6 Å². The Bertz CT molecular complexity index is 950. The molecule has 138 valence electrons. The molecule has 2 N–H and O–H groups in total. The van der Waals surface area contributed by atoms with E-state index in [1.165, 1.54) is 19.2 Å². The lowest BCUT2D eigenvalue weighted by molar-refractivity contribution is -0.384. The fourth-order valence-electron chi connectivity index (χ4n) is 2.02. The summed E-state index contributed by atoms with van der Waals surface area (Å²) in [6.07, 6.45) is 0.842. The van der Waals surface area contributed by atoms with Crippen molar-refractivity contribution < 1.29 is 23.2 Å². The molecule has 0 aliphatic carbocycles. The molecule has 0 aliphatic rings. The first-order chi connectivity index (χ1) is 12.9. The van der Waals surface area contributed by atoms with Gasteiger partial charge in [-0.1, -0.05) is 6.07 Å². The van der Waals surface area contributed by atoms with Crippen LogP contribution in [0, 0.1) is 33.1 Å². The number of para-hydroxylation sites is 1. The number of carbonyl (C=O) groups excluding carboxylic acids is 1. The molecular weight excluding hydrogens is 362 g/mol. The van der Waals surface area contributed by atoms with E-state index in [-0.39, 0.29) is 17.1 Å². The van der Waals surface area contributed by atoms with Gasteiger partial charge in [0.2, 0.25) is 0 Å². The van der Waals surface area contributed by atoms with Gasteiger partial charge >= 0.3 is 0 Å². The van der Waals surface area contributed by atoms with E-state index in [1.807, 2.05) is 0 Å². The minimum Gasteiger partial charge on any atom is -0.494 e. The second-order valence-electron chi connectivity index (χ2n) is 5.01. The molecule has 8 nitrogen and oxygen atoms in total. The molecule has 0 aliphatic heterocycles. The third kappa shape index (κ3) is 4.55. The zero-order chi connectivity index (χ0) is 20.0. The third-order valence-corrected chi connectivity index (χ3v) is 3.33. The van der Waals surface area contributed by atoms with Crippen molar-refractivity contribution >= 4 is 23.0 Å². The van der Waals surface area contributed by atoms with E-state index >= 15 is 0 Å². The zero-order valence-corrected chi connectivity index (χ0v) is 13.8. The number of rotatable bonds is 6. The van der Waals surface area contributed by atoms with E-state index in [0.717, 1.165) is 30.5 Å². The molecule has 2 rings (SSSR count). The molecule has 0 heterocycles. The maximum Gasteiger partial charge on any atom is 0.273 e. The molecule has 0 spiro atoms. The maximum atomic E-state index is 13.6. The third-order valence-electron chi connectivity index (χ3n) is 3.33. The predicted molar refractivity (Wildman–Crippen MR) is 92.0 cm³/mol. The first-order valence-electron chi connectivity index (χ1n) is 7.32. The van der Waals surface area contributed by atoms with Crippen molar-refractivity contribution in [1.82, 2.24) is 0 Å². The van der Waals surface area contributed by atoms with Gasteiger partial charge in [0.05, 0.1) is 23.8 Å². The predicted octanol–water partition coefficient (Wildman–Crippen LogP) is 3.34. The van der Waals surface area contributed by atoms with Gasteiger partial charge in [0.15, 0.2) is 0 Å². The Morgan fingerprint density at radius 1 is 1.30 bits per heavy atom. The number of halogens is 2. The quantitative estimate of drug-likeness (QED) is 0.347. The highest BCUT2D eigenvalue weighted by Crippen LogP contribution is 2.29. The van der Waals surface area contributed by atoms with Crippen LogP contribution in [0.25, 0.3) is 0 Å². The van der Waals surface area contributed by atoms with Crippen LogP contribution in [0.2, 0.25) is 0 Å². The van der Waals surface area contributed by atoms with Gasteiger partial charge in [-0.05, 0) is 18.2 Å². The number of hydrogen-bond acceptors (Lipinski definition) is 6. The molecule has 0 atom stereocenters. The lowest BCUT2D eigenvalue weighted by Crippen LogP contribution is -2.15. The smallest absolute Gasteiger partial charge is 0.273 e. The van der Waals surface area contributed by atoms with E-state index in [1.54, 1.807) is 6.07 Å². The molecule has 0 fully saturated rings. The highest BCUT2D eigenvalue weighted by molar-refractivity contribution is 6.07. The van der Waals surface area contributed by atoms with Gasteiger partial charge in [-0.2, -0.15) is 5.26 Å². The molecule has 0 unspecified atom stereocenters.